The predicted octanol–water partition coefficient (Wildman–Crippen LogP) is 3.24. The zero-order valence-electron chi connectivity index (χ0n) is 16.7. The van der Waals surface area contributed by atoms with Crippen LogP contribution < -0.4 is 15.5 Å². The lowest BCUT2D eigenvalue weighted by molar-refractivity contribution is -0.116. The predicted molar refractivity (Wildman–Crippen MR) is 118 cm³/mol. The Morgan fingerprint density at radius 2 is 1.69 bits per heavy atom. The molecule has 0 saturated carbocycles. The molecule has 1 fully saturated rings. The van der Waals surface area contributed by atoms with E-state index < -0.39 is 0 Å². The molecule has 0 bridgehead atoms. The number of halogens is 1. The second-order valence-electron chi connectivity index (χ2n) is 6.97. The molecule has 2 aromatic rings. The Kier molecular flexibility index (Phi) is 7.49. The second-order valence-corrected chi connectivity index (χ2v) is 7.38. The quantitative estimate of drug-likeness (QED) is 0.730. The molecule has 0 atom stereocenters. The molecule has 1 heterocycles. The fraction of sp³-hybridized carbons (Fsp3) is 0.364. The summed E-state index contributed by atoms with van der Waals surface area (Å²) in [5, 5.41) is 6.13. The fourth-order valence-electron chi connectivity index (χ4n) is 3.40. The smallest absolute Gasteiger partial charge is 0.252 e. The summed E-state index contributed by atoms with van der Waals surface area (Å²) < 4.78 is 0. The number of amides is 2. The number of hydrogen-bond acceptors (Lipinski definition) is 4. The molecule has 7 heteroatoms. The molecule has 1 aliphatic rings. The van der Waals surface area contributed by atoms with E-state index in [0.717, 1.165) is 44.1 Å². The van der Waals surface area contributed by atoms with E-state index in [1.807, 2.05) is 24.3 Å². The number of hydrogen-bond donors (Lipinski definition) is 2. The van der Waals surface area contributed by atoms with Crippen molar-refractivity contribution in [2.24, 2.45) is 0 Å². The summed E-state index contributed by atoms with van der Waals surface area (Å²) in [7, 11) is 0. The van der Waals surface area contributed by atoms with Crippen molar-refractivity contribution in [3.05, 3.63) is 59.1 Å². The maximum absolute atomic E-state index is 12.4. The Morgan fingerprint density at radius 1 is 1.00 bits per heavy atom. The van der Waals surface area contributed by atoms with Gasteiger partial charge in [-0.05, 0) is 30.8 Å². The number of nitrogens with one attached hydrogen (secondary N) is 2. The van der Waals surface area contributed by atoms with Crippen molar-refractivity contribution >= 4 is 34.8 Å². The molecule has 0 radical (unpaired) electrons. The van der Waals surface area contributed by atoms with E-state index in [9.17, 15) is 9.59 Å². The number of nitrogens with zero attached hydrogens (tertiary/aromatic N) is 2. The van der Waals surface area contributed by atoms with Crippen LogP contribution in [-0.2, 0) is 4.79 Å². The van der Waals surface area contributed by atoms with Crippen LogP contribution in [0.5, 0.6) is 0 Å². The van der Waals surface area contributed by atoms with Crippen molar-refractivity contribution in [2.75, 3.05) is 49.5 Å². The number of rotatable bonds is 7. The van der Waals surface area contributed by atoms with E-state index in [4.69, 9.17) is 11.6 Å². The minimum Gasteiger partial charge on any atom is -0.367 e. The minimum absolute atomic E-state index is 0.135. The maximum atomic E-state index is 12.4. The molecule has 29 heavy (non-hydrogen) atoms. The molecule has 1 aliphatic heterocycles. The highest BCUT2D eigenvalue weighted by atomic mass is 35.5. The third-order valence-corrected chi connectivity index (χ3v) is 5.42. The summed E-state index contributed by atoms with van der Waals surface area (Å²) in [5.41, 5.74) is 2.25. The van der Waals surface area contributed by atoms with E-state index in [-0.39, 0.29) is 24.8 Å². The lowest BCUT2D eigenvalue weighted by Crippen LogP contribution is -2.46. The topological polar surface area (TPSA) is 64.7 Å². The van der Waals surface area contributed by atoms with Gasteiger partial charge in [0.25, 0.3) is 5.91 Å². The van der Waals surface area contributed by atoms with Gasteiger partial charge in [-0.3, -0.25) is 9.59 Å². The highest BCUT2D eigenvalue weighted by Crippen LogP contribution is 2.26. The van der Waals surface area contributed by atoms with Gasteiger partial charge in [0.1, 0.15) is 0 Å². The van der Waals surface area contributed by atoms with Gasteiger partial charge < -0.3 is 20.4 Å². The highest BCUT2D eigenvalue weighted by Gasteiger charge is 2.19. The third-order valence-electron chi connectivity index (χ3n) is 5.09. The standard InChI is InChI=1S/C22H27ClN4O2/c1-2-26-13-15-27(16-14-26)20-10-6-5-9-19(20)25-21(28)11-12-24-22(29)17-7-3-4-8-18(17)23/h3-10H,2,11-16H2,1H3,(H,24,29)(H,25,28). The summed E-state index contributed by atoms with van der Waals surface area (Å²) in [4.78, 5) is 29.3. The van der Waals surface area contributed by atoms with Gasteiger partial charge in [0.2, 0.25) is 5.91 Å². The van der Waals surface area contributed by atoms with Gasteiger partial charge in [-0.15, -0.1) is 0 Å². The summed E-state index contributed by atoms with van der Waals surface area (Å²) in [6, 6.07) is 14.7. The summed E-state index contributed by atoms with van der Waals surface area (Å²) in [5.74, 6) is -0.415. The van der Waals surface area contributed by atoms with Crippen LogP contribution in [0.2, 0.25) is 5.02 Å². The molecule has 3 rings (SSSR count). The first-order valence-electron chi connectivity index (χ1n) is 9.97. The molecule has 2 aromatic carbocycles. The number of piperazine rings is 1. The van der Waals surface area contributed by atoms with E-state index in [2.05, 4.69) is 27.4 Å². The van der Waals surface area contributed by atoms with Gasteiger partial charge in [0.15, 0.2) is 0 Å². The van der Waals surface area contributed by atoms with Crippen molar-refractivity contribution in [3.63, 3.8) is 0 Å². The van der Waals surface area contributed by atoms with Gasteiger partial charge >= 0.3 is 0 Å². The number of carbonyl (C=O) groups is 2. The normalized spacial score (nSPS) is 14.5. The third kappa shape index (κ3) is 5.71. The van der Waals surface area contributed by atoms with Crippen molar-refractivity contribution in [3.8, 4) is 0 Å². The van der Waals surface area contributed by atoms with Crippen LogP contribution in [0.1, 0.15) is 23.7 Å². The number of benzene rings is 2. The Morgan fingerprint density at radius 3 is 2.41 bits per heavy atom. The molecule has 1 saturated heterocycles. The minimum atomic E-state index is -0.280. The van der Waals surface area contributed by atoms with Gasteiger partial charge in [-0.2, -0.15) is 0 Å². The van der Waals surface area contributed by atoms with Gasteiger partial charge in [-0.1, -0.05) is 42.8 Å². The van der Waals surface area contributed by atoms with E-state index >= 15 is 0 Å². The molecular weight excluding hydrogens is 388 g/mol. The maximum Gasteiger partial charge on any atom is 0.252 e. The largest absolute Gasteiger partial charge is 0.367 e. The van der Waals surface area contributed by atoms with Crippen molar-refractivity contribution < 1.29 is 9.59 Å². The number of carbonyl (C=O) groups excluding carboxylic acids is 2. The second kappa shape index (κ2) is 10.3. The van der Waals surface area contributed by atoms with Crippen LogP contribution in [0.15, 0.2) is 48.5 Å². The van der Waals surface area contributed by atoms with Crippen LogP contribution in [0.4, 0.5) is 11.4 Å². The van der Waals surface area contributed by atoms with Gasteiger partial charge in [0, 0.05) is 39.1 Å². The first-order chi connectivity index (χ1) is 14.1. The van der Waals surface area contributed by atoms with Crippen molar-refractivity contribution in [1.82, 2.24) is 10.2 Å². The fourth-order valence-corrected chi connectivity index (χ4v) is 3.62. The van der Waals surface area contributed by atoms with Crippen LogP contribution in [0.25, 0.3) is 0 Å². The zero-order chi connectivity index (χ0) is 20.6. The molecular formula is C22H27ClN4O2. The molecule has 0 aliphatic carbocycles. The monoisotopic (exact) mass is 414 g/mol. The summed E-state index contributed by atoms with van der Waals surface area (Å²) >= 11 is 6.03. The average Bonchev–Trinajstić information content (AvgIpc) is 2.74. The van der Waals surface area contributed by atoms with Crippen LogP contribution in [-0.4, -0.2) is 56.0 Å². The van der Waals surface area contributed by atoms with Crippen molar-refractivity contribution in [2.45, 2.75) is 13.3 Å². The summed E-state index contributed by atoms with van der Waals surface area (Å²) in [6.07, 6.45) is 0.189. The van der Waals surface area contributed by atoms with E-state index in [1.165, 1.54) is 0 Å². The molecule has 6 nitrogen and oxygen atoms in total. The highest BCUT2D eigenvalue weighted by molar-refractivity contribution is 6.33. The average molecular weight is 415 g/mol. The lowest BCUT2D eigenvalue weighted by atomic mass is 10.2. The van der Waals surface area contributed by atoms with Gasteiger partial charge in [-0.25, -0.2) is 0 Å². The Labute approximate surface area is 176 Å². The van der Waals surface area contributed by atoms with Crippen molar-refractivity contribution in [1.29, 1.82) is 0 Å². The van der Waals surface area contributed by atoms with Crippen LogP contribution >= 0.6 is 11.6 Å². The first kappa shape index (κ1) is 21.1. The molecule has 0 aromatic heterocycles. The Hall–Kier alpha value is -2.57. The molecule has 0 unspecified atom stereocenters. The molecule has 2 amide bonds. The number of anilines is 2. The first-order valence-corrected chi connectivity index (χ1v) is 10.3. The summed E-state index contributed by atoms with van der Waals surface area (Å²) in [6.45, 7) is 7.40. The van der Waals surface area contributed by atoms with Gasteiger partial charge in [0.05, 0.1) is 22.0 Å². The van der Waals surface area contributed by atoms with Crippen LogP contribution in [0.3, 0.4) is 0 Å². The molecule has 2 N–H and O–H groups in total. The van der Waals surface area contributed by atoms with E-state index in [0.29, 0.717) is 10.6 Å². The van der Waals surface area contributed by atoms with E-state index in [1.54, 1.807) is 24.3 Å². The number of likely N-dealkylation sites (N-methyl/N-ethyl adjacent to an activating group) is 1. The Bertz CT molecular complexity index is 850. The lowest BCUT2D eigenvalue weighted by Gasteiger charge is -2.36. The van der Waals surface area contributed by atoms with Crippen LogP contribution in [0, 0.1) is 0 Å². The SMILES string of the molecule is CCN1CCN(c2ccccc2NC(=O)CCNC(=O)c2ccccc2Cl)CC1. The Balaban J connectivity index is 1.52. The number of para-hydroxylation sites is 2. The molecule has 0 spiro atoms. The molecule has 154 valence electrons. The zero-order valence-corrected chi connectivity index (χ0v) is 17.4.